The van der Waals surface area contributed by atoms with E-state index in [2.05, 4.69) is 30.3 Å². The summed E-state index contributed by atoms with van der Waals surface area (Å²) < 4.78 is 6.96. The van der Waals surface area contributed by atoms with Gasteiger partial charge in [-0.25, -0.2) is 19.5 Å². The molecule has 0 bridgehead atoms. The maximum atomic E-state index is 5.16. The van der Waals surface area contributed by atoms with Gasteiger partial charge in [0.2, 0.25) is 11.8 Å². The Hall–Kier alpha value is -3.75. The molecule has 9 heteroatoms. The molecule has 0 aromatic carbocycles. The average molecular weight is 416 g/mol. The van der Waals surface area contributed by atoms with Crippen molar-refractivity contribution in [2.24, 2.45) is 0 Å². The molecule has 31 heavy (non-hydrogen) atoms. The van der Waals surface area contributed by atoms with Crippen molar-refractivity contribution >= 4 is 17.4 Å². The monoisotopic (exact) mass is 416 g/mol. The van der Waals surface area contributed by atoms with Crippen LogP contribution in [0, 0.1) is 6.92 Å². The quantitative estimate of drug-likeness (QED) is 0.531. The maximum absolute atomic E-state index is 5.16. The number of anilines is 2. The van der Waals surface area contributed by atoms with E-state index < -0.39 is 0 Å². The highest BCUT2D eigenvalue weighted by molar-refractivity contribution is 5.77. The highest BCUT2D eigenvalue weighted by atomic mass is 16.5. The molecule has 0 radical (unpaired) electrons. The van der Waals surface area contributed by atoms with Crippen molar-refractivity contribution in [1.82, 2.24) is 29.5 Å². The number of piperidine rings is 1. The van der Waals surface area contributed by atoms with Crippen LogP contribution >= 0.6 is 0 Å². The summed E-state index contributed by atoms with van der Waals surface area (Å²) in [5, 5.41) is 8.14. The molecule has 0 amide bonds. The second-order valence-corrected chi connectivity index (χ2v) is 7.64. The first-order valence-electron chi connectivity index (χ1n) is 10.4. The van der Waals surface area contributed by atoms with Crippen molar-refractivity contribution in [2.45, 2.75) is 25.8 Å². The second-order valence-electron chi connectivity index (χ2n) is 7.64. The molecule has 5 heterocycles. The molecule has 4 aromatic heterocycles. The Morgan fingerprint density at radius 2 is 1.97 bits per heavy atom. The Labute approximate surface area is 180 Å². The fourth-order valence-electron chi connectivity index (χ4n) is 3.90. The van der Waals surface area contributed by atoms with Crippen LogP contribution in [0.15, 0.2) is 49.1 Å². The summed E-state index contributed by atoms with van der Waals surface area (Å²) in [6, 6.07) is 10.2. The summed E-state index contributed by atoms with van der Waals surface area (Å²) in [4.78, 5) is 20.0. The van der Waals surface area contributed by atoms with Crippen molar-refractivity contribution in [3.63, 3.8) is 0 Å². The minimum Gasteiger partial charge on any atom is -0.481 e. The fraction of sp³-hybridized carbons (Fsp3) is 0.318. The van der Waals surface area contributed by atoms with Gasteiger partial charge < -0.3 is 15.0 Å². The maximum Gasteiger partial charge on any atom is 0.243 e. The smallest absolute Gasteiger partial charge is 0.243 e. The predicted octanol–water partition coefficient (Wildman–Crippen LogP) is 2.98. The van der Waals surface area contributed by atoms with Crippen LogP contribution in [0.5, 0.6) is 5.88 Å². The number of aromatic nitrogens is 6. The number of fused-ring (bicyclic) bond motifs is 1. The molecular formula is C22H24N8O. The van der Waals surface area contributed by atoms with Crippen molar-refractivity contribution in [2.75, 3.05) is 30.4 Å². The van der Waals surface area contributed by atoms with Crippen LogP contribution in [0.4, 0.5) is 11.8 Å². The predicted molar refractivity (Wildman–Crippen MR) is 118 cm³/mol. The van der Waals surface area contributed by atoms with Gasteiger partial charge in [-0.2, -0.15) is 4.98 Å². The van der Waals surface area contributed by atoms with Gasteiger partial charge in [0.05, 0.1) is 7.11 Å². The molecule has 1 aliphatic rings. The number of nitrogens with zero attached hydrogens (tertiary/aromatic N) is 7. The fourth-order valence-corrected chi connectivity index (χ4v) is 3.90. The van der Waals surface area contributed by atoms with Crippen LogP contribution < -0.4 is 15.0 Å². The normalized spacial score (nSPS) is 14.7. The third-order valence-corrected chi connectivity index (χ3v) is 5.56. The van der Waals surface area contributed by atoms with Crippen molar-refractivity contribution in [3.05, 3.63) is 54.7 Å². The van der Waals surface area contributed by atoms with E-state index in [0.29, 0.717) is 17.9 Å². The van der Waals surface area contributed by atoms with E-state index in [1.165, 1.54) is 0 Å². The van der Waals surface area contributed by atoms with E-state index in [0.717, 1.165) is 54.2 Å². The summed E-state index contributed by atoms with van der Waals surface area (Å²) in [6.45, 7) is 3.86. The van der Waals surface area contributed by atoms with Crippen molar-refractivity contribution < 1.29 is 4.74 Å². The lowest BCUT2D eigenvalue weighted by atomic mass is 10.1. The summed E-state index contributed by atoms with van der Waals surface area (Å²) in [7, 11) is 1.61. The SMILES string of the molecule is COc1ccc(-c2cccn3nc(NC4CCN(c5cc(C)ncn5)CC4)nc23)cn1. The number of methoxy groups -OCH3 is 1. The number of ether oxygens (including phenoxy) is 1. The molecule has 0 aliphatic carbocycles. The third-order valence-electron chi connectivity index (χ3n) is 5.56. The van der Waals surface area contributed by atoms with Gasteiger partial charge in [0.25, 0.3) is 0 Å². The van der Waals surface area contributed by atoms with Gasteiger partial charge in [-0.1, -0.05) is 0 Å². The highest BCUT2D eigenvalue weighted by Gasteiger charge is 2.21. The molecule has 1 fully saturated rings. The van der Waals surface area contributed by atoms with Crippen molar-refractivity contribution in [3.8, 4) is 17.0 Å². The molecule has 0 saturated carbocycles. The Bertz CT molecular complexity index is 1180. The number of hydrogen-bond acceptors (Lipinski definition) is 8. The lowest BCUT2D eigenvalue weighted by Gasteiger charge is -2.32. The van der Waals surface area contributed by atoms with Crippen LogP contribution in [0.25, 0.3) is 16.8 Å². The Kier molecular flexibility index (Phi) is 5.07. The Morgan fingerprint density at radius 3 is 2.71 bits per heavy atom. The molecule has 4 aromatic rings. The van der Waals surface area contributed by atoms with E-state index in [1.54, 1.807) is 24.1 Å². The minimum atomic E-state index is 0.322. The molecule has 0 spiro atoms. The molecule has 0 atom stereocenters. The molecule has 158 valence electrons. The van der Waals surface area contributed by atoms with Gasteiger partial charge in [0, 0.05) is 60.5 Å². The number of pyridine rings is 2. The van der Waals surface area contributed by atoms with E-state index in [9.17, 15) is 0 Å². The Morgan fingerprint density at radius 1 is 1.10 bits per heavy atom. The summed E-state index contributed by atoms with van der Waals surface area (Å²) in [5.74, 6) is 2.22. The summed E-state index contributed by atoms with van der Waals surface area (Å²) in [6.07, 6.45) is 7.32. The van der Waals surface area contributed by atoms with E-state index in [1.807, 2.05) is 43.5 Å². The summed E-state index contributed by atoms with van der Waals surface area (Å²) >= 11 is 0. The number of rotatable bonds is 5. The average Bonchev–Trinajstić information content (AvgIpc) is 3.22. The number of hydrogen-bond donors (Lipinski definition) is 1. The zero-order chi connectivity index (χ0) is 21.2. The molecule has 0 unspecified atom stereocenters. The Balaban J connectivity index is 1.30. The largest absolute Gasteiger partial charge is 0.481 e. The standard InChI is InChI=1S/C22H24N8O/c1-15-12-19(25-14-24-15)29-10-7-17(8-11-29)26-22-27-21-18(4-3-9-30(21)28-22)16-5-6-20(31-2)23-13-16/h3-6,9,12-14,17H,7-8,10-11H2,1-2H3,(H,26,28). The van der Waals surface area contributed by atoms with Crippen LogP contribution in [-0.4, -0.2) is 55.8 Å². The molecule has 1 saturated heterocycles. The zero-order valence-electron chi connectivity index (χ0n) is 17.6. The first-order valence-corrected chi connectivity index (χ1v) is 10.4. The molecular weight excluding hydrogens is 392 g/mol. The van der Waals surface area contributed by atoms with Crippen LogP contribution in [-0.2, 0) is 0 Å². The lowest BCUT2D eigenvalue weighted by Crippen LogP contribution is -2.39. The van der Waals surface area contributed by atoms with E-state index in [-0.39, 0.29) is 0 Å². The summed E-state index contributed by atoms with van der Waals surface area (Å²) in [5.41, 5.74) is 3.74. The van der Waals surface area contributed by atoms with Gasteiger partial charge in [-0.05, 0) is 38.0 Å². The van der Waals surface area contributed by atoms with E-state index in [4.69, 9.17) is 9.72 Å². The molecule has 9 nitrogen and oxygen atoms in total. The molecule has 1 N–H and O–H groups in total. The van der Waals surface area contributed by atoms with Gasteiger partial charge in [-0.15, -0.1) is 5.10 Å². The van der Waals surface area contributed by atoms with Gasteiger partial charge in [-0.3, -0.25) is 0 Å². The van der Waals surface area contributed by atoms with Gasteiger partial charge in [0.15, 0.2) is 5.65 Å². The molecule has 1 aliphatic heterocycles. The zero-order valence-corrected chi connectivity index (χ0v) is 17.6. The van der Waals surface area contributed by atoms with E-state index >= 15 is 0 Å². The minimum absolute atomic E-state index is 0.322. The van der Waals surface area contributed by atoms with Crippen LogP contribution in [0.3, 0.4) is 0 Å². The van der Waals surface area contributed by atoms with Gasteiger partial charge >= 0.3 is 0 Å². The lowest BCUT2D eigenvalue weighted by molar-refractivity contribution is 0.398. The first-order chi connectivity index (χ1) is 15.2. The van der Waals surface area contributed by atoms with Crippen LogP contribution in [0.1, 0.15) is 18.5 Å². The highest BCUT2D eigenvalue weighted by Crippen LogP contribution is 2.26. The topological polar surface area (TPSA) is 93.4 Å². The molecule has 5 rings (SSSR count). The number of nitrogens with one attached hydrogen (secondary N) is 1. The van der Waals surface area contributed by atoms with Crippen molar-refractivity contribution in [1.29, 1.82) is 0 Å². The number of aryl methyl sites for hydroxylation is 1. The first kappa shape index (κ1) is 19.2. The third kappa shape index (κ3) is 3.98. The van der Waals surface area contributed by atoms with Crippen LogP contribution in [0.2, 0.25) is 0 Å². The van der Waals surface area contributed by atoms with Gasteiger partial charge in [0.1, 0.15) is 12.1 Å². The second kappa shape index (κ2) is 8.17.